The number of hydrogen-bond donors (Lipinski definition) is 0. The van der Waals surface area contributed by atoms with Crippen molar-refractivity contribution >= 4 is 46.0 Å². The summed E-state index contributed by atoms with van der Waals surface area (Å²) in [4.78, 5) is 8.74. The van der Waals surface area contributed by atoms with E-state index in [0.29, 0.717) is 45.0 Å². The molecular formula is C14H9Cl3FN3. The van der Waals surface area contributed by atoms with Crippen LogP contribution in [0, 0.1) is 5.82 Å². The fraction of sp³-hybridized carbons (Fsp3) is 0.143. The van der Waals surface area contributed by atoms with Crippen molar-refractivity contribution in [1.82, 2.24) is 14.5 Å². The first kappa shape index (κ1) is 14.6. The molecule has 0 aliphatic heterocycles. The van der Waals surface area contributed by atoms with E-state index in [2.05, 4.69) is 9.97 Å². The lowest BCUT2D eigenvalue weighted by Crippen LogP contribution is -2.04. The number of nitrogens with zero attached hydrogens (tertiary/aromatic N) is 3. The monoisotopic (exact) mass is 343 g/mol. The zero-order valence-electron chi connectivity index (χ0n) is 10.7. The zero-order valence-corrected chi connectivity index (χ0v) is 12.9. The second-order valence-electron chi connectivity index (χ2n) is 4.39. The normalized spacial score (nSPS) is 11.2. The van der Waals surface area contributed by atoms with Gasteiger partial charge in [-0.3, -0.25) is 4.57 Å². The van der Waals surface area contributed by atoms with Crippen molar-refractivity contribution in [3.05, 3.63) is 52.1 Å². The maximum Gasteiger partial charge on any atom is 0.164 e. The highest BCUT2D eigenvalue weighted by Crippen LogP contribution is 2.28. The van der Waals surface area contributed by atoms with Crippen molar-refractivity contribution in [2.45, 2.75) is 6.42 Å². The third kappa shape index (κ3) is 2.71. The molecule has 0 unspecified atom stereocenters. The molecule has 108 valence electrons. The van der Waals surface area contributed by atoms with Crippen molar-refractivity contribution in [2.24, 2.45) is 0 Å². The molecule has 0 spiro atoms. The Balaban J connectivity index is 2.33. The van der Waals surface area contributed by atoms with Gasteiger partial charge >= 0.3 is 0 Å². The summed E-state index contributed by atoms with van der Waals surface area (Å²) in [7, 11) is 0. The van der Waals surface area contributed by atoms with E-state index in [0.717, 1.165) is 0 Å². The van der Waals surface area contributed by atoms with Crippen molar-refractivity contribution < 1.29 is 4.39 Å². The summed E-state index contributed by atoms with van der Waals surface area (Å²) in [5, 5.41) is 0.887. The Morgan fingerprint density at radius 1 is 1.19 bits per heavy atom. The fourth-order valence-corrected chi connectivity index (χ4v) is 2.67. The molecule has 1 aromatic carbocycles. The molecule has 3 nitrogen and oxygen atoms in total. The number of halogens is 4. The molecular weight excluding hydrogens is 336 g/mol. The highest BCUT2D eigenvalue weighted by Gasteiger charge is 2.16. The van der Waals surface area contributed by atoms with Gasteiger partial charge in [-0.05, 0) is 24.3 Å². The lowest BCUT2D eigenvalue weighted by molar-refractivity contribution is 0.626. The lowest BCUT2D eigenvalue weighted by atomic mass is 10.3. The summed E-state index contributed by atoms with van der Waals surface area (Å²) in [6.07, 6.45) is 2.02. The van der Waals surface area contributed by atoms with Crippen LogP contribution in [-0.2, 0) is 6.42 Å². The standard InChI is InChI=1S/C14H9Cl3FN3/c15-4-3-13-20-11-5-8(16)7-19-14(11)21(13)12-6-9(18)1-2-10(12)17/h1-2,5-7H,3-4H2. The number of aromatic nitrogens is 3. The molecule has 2 aromatic heterocycles. The topological polar surface area (TPSA) is 30.7 Å². The quantitative estimate of drug-likeness (QED) is 0.648. The van der Waals surface area contributed by atoms with Crippen LogP contribution in [0.2, 0.25) is 10.0 Å². The molecule has 2 heterocycles. The first-order valence-electron chi connectivity index (χ1n) is 6.14. The number of hydrogen-bond acceptors (Lipinski definition) is 2. The predicted molar refractivity (Wildman–Crippen MR) is 83.3 cm³/mol. The molecule has 7 heteroatoms. The molecule has 0 saturated carbocycles. The second kappa shape index (κ2) is 5.79. The Morgan fingerprint density at radius 3 is 2.76 bits per heavy atom. The molecule has 3 aromatic rings. The minimum atomic E-state index is -0.387. The smallest absolute Gasteiger partial charge is 0.164 e. The van der Waals surface area contributed by atoms with Gasteiger partial charge < -0.3 is 0 Å². The maximum atomic E-state index is 13.6. The summed E-state index contributed by atoms with van der Waals surface area (Å²) in [6, 6.07) is 5.84. The van der Waals surface area contributed by atoms with Crippen LogP contribution in [0.1, 0.15) is 5.82 Å². The Kier molecular flexibility index (Phi) is 4.02. The Labute approximate surface area is 135 Å². The number of rotatable bonds is 3. The molecule has 0 fully saturated rings. The van der Waals surface area contributed by atoms with Crippen LogP contribution in [0.4, 0.5) is 4.39 Å². The van der Waals surface area contributed by atoms with Gasteiger partial charge in [0, 0.05) is 18.5 Å². The van der Waals surface area contributed by atoms with Gasteiger partial charge in [-0.25, -0.2) is 14.4 Å². The first-order valence-corrected chi connectivity index (χ1v) is 7.43. The molecule has 0 radical (unpaired) electrons. The van der Waals surface area contributed by atoms with Gasteiger partial charge in [0.25, 0.3) is 0 Å². The Hall–Kier alpha value is -1.36. The van der Waals surface area contributed by atoms with Crippen LogP contribution >= 0.6 is 34.8 Å². The minimum absolute atomic E-state index is 0.379. The van der Waals surface area contributed by atoms with Crippen molar-refractivity contribution in [2.75, 3.05) is 5.88 Å². The summed E-state index contributed by atoms with van der Waals surface area (Å²) in [5.41, 5.74) is 1.66. The van der Waals surface area contributed by atoms with Crippen molar-refractivity contribution in [3.63, 3.8) is 0 Å². The van der Waals surface area contributed by atoms with Crippen molar-refractivity contribution in [3.8, 4) is 5.69 Å². The van der Waals surface area contributed by atoms with Crippen molar-refractivity contribution in [1.29, 1.82) is 0 Å². The highest BCUT2D eigenvalue weighted by atomic mass is 35.5. The average molecular weight is 345 g/mol. The van der Waals surface area contributed by atoms with Crippen LogP contribution in [-0.4, -0.2) is 20.4 Å². The van der Waals surface area contributed by atoms with Gasteiger partial charge in [0.15, 0.2) is 5.65 Å². The summed E-state index contributed by atoms with van der Waals surface area (Å²) in [5.74, 6) is 0.647. The molecule has 0 aliphatic carbocycles. The minimum Gasteiger partial charge on any atom is -0.279 e. The van der Waals surface area contributed by atoms with Crippen LogP contribution in [0.3, 0.4) is 0 Å². The van der Waals surface area contributed by atoms with Gasteiger partial charge in [0.2, 0.25) is 0 Å². The van der Waals surface area contributed by atoms with E-state index in [-0.39, 0.29) is 5.82 Å². The SMILES string of the molecule is Fc1ccc(Cl)c(-n2c(CCCl)nc3cc(Cl)cnc32)c1. The van der Waals surface area contributed by atoms with Gasteiger partial charge in [-0.15, -0.1) is 11.6 Å². The van der Waals surface area contributed by atoms with E-state index in [4.69, 9.17) is 34.8 Å². The fourth-order valence-electron chi connectivity index (χ4n) is 2.15. The highest BCUT2D eigenvalue weighted by molar-refractivity contribution is 6.32. The number of benzene rings is 1. The second-order valence-corrected chi connectivity index (χ2v) is 5.62. The summed E-state index contributed by atoms with van der Waals surface area (Å²) in [6.45, 7) is 0. The van der Waals surface area contributed by atoms with Crippen LogP contribution < -0.4 is 0 Å². The number of aryl methyl sites for hydroxylation is 1. The number of fused-ring (bicyclic) bond motifs is 1. The van der Waals surface area contributed by atoms with E-state index in [1.54, 1.807) is 10.6 Å². The molecule has 0 amide bonds. The van der Waals surface area contributed by atoms with E-state index < -0.39 is 0 Å². The largest absolute Gasteiger partial charge is 0.279 e. The lowest BCUT2D eigenvalue weighted by Gasteiger charge is -2.10. The van der Waals surface area contributed by atoms with Gasteiger partial charge in [0.05, 0.1) is 15.7 Å². The number of pyridine rings is 1. The van der Waals surface area contributed by atoms with Crippen LogP contribution in [0.25, 0.3) is 16.9 Å². The maximum absolute atomic E-state index is 13.6. The molecule has 21 heavy (non-hydrogen) atoms. The Morgan fingerprint density at radius 2 is 2.00 bits per heavy atom. The molecule has 0 saturated heterocycles. The summed E-state index contributed by atoms with van der Waals surface area (Å²) >= 11 is 17.9. The molecule has 0 bridgehead atoms. The first-order chi connectivity index (χ1) is 10.1. The van der Waals surface area contributed by atoms with Crippen LogP contribution in [0.15, 0.2) is 30.5 Å². The van der Waals surface area contributed by atoms with E-state index in [1.165, 1.54) is 24.4 Å². The Bertz CT molecular complexity index is 817. The third-order valence-corrected chi connectivity index (χ3v) is 3.72. The third-order valence-electron chi connectivity index (χ3n) is 3.00. The zero-order chi connectivity index (χ0) is 15.0. The van der Waals surface area contributed by atoms with Gasteiger partial charge in [0.1, 0.15) is 17.2 Å². The summed E-state index contributed by atoms with van der Waals surface area (Å²) < 4.78 is 15.3. The number of alkyl halides is 1. The van der Waals surface area contributed by atoms with E-state index in [1.807, 2.05) is 0 Å². The average Bonchev–Trinajstić information content (AvgIpc) is 2.79. The molecule has 0 N–H and O–H groups in total. The van der Waals surface area contributed by atoms with E-state index >= 15 is 0 Å². The van der Waals surface area contributed by atoms with E-state index in [9.17, 15) is 4.39 Å². The molecule has 3 rings (SSSR count). The van der Waals surface area contributed by atoms with Gasteiger partial charge in [-0.2, -0.15) is 0 Å². The predicted octanol–water partition coefficient (Wildman–Crippen LogP) is 4.65. The van der Waals surface area contributed by atoms with Crippen LogP contribution in [0.5, 0.6) is 0 Å². The number of imidazole rings is 1. The van der Waals surface area contributed by atoms with Gasteiger partial charge in [-0.1, -0.05) is 23.2 Å². The molecule has 0 atom stereocenters. The molecule has 0 aliphatic rings.